The summed E-state index contributed by atoms with van der Waals surface area (Å²) in [4.78, 5) is 66.7. The van der Waals surface area contributed by atoms with Crippen molar-refractivity contribution in [2.24, 2.45) is 11.5 Å². The number of thiophene rings is 4. The molecule has 0 unspecified atom stereocenters. The molecule has 0 aliphatic carbocycles. The van der Waals surface area contributed by atoms with Crippen LogP contribution in [0, 0.1) is 33.4 Å². The fraction of sp³-hybridized carbons (Fsp3) is 0.261. The second-order valence-corrected chi connectivity index (χ2v) is 23.2. The van der Waals surface area contributed by atoms with Crippen LogP contribution in [0.15, 0.2) is 137 Å². The van der Waals surface area contributed by atoms with E-state index in [2.05, 4.69) is 12.2 Å². The Bertz CT molecular complexity index is 4150. The fourth-order valence-corrected chi connectivity index (χ4v) is 12.6. The van der Waals surface area contributed by atoms with Crippen molar-refractivity contribution in [2.75, 3.05) is 47.1 Å². The number of hydrogen-bond donors (Lipinski definition) is 4. The van der Waals surface area contributed by atoms with E-state index in [0.717, 1.165) is 52.1 Å². The number of aldehydes is 1. The molecular formula is C69H76AlF4LiN4O12S4. The minimum atomic E-state index is -0.985. The summed E-state index contributed by atoms with van der Waals surface area (Å²) in [7, 11) is 3.01. The van der Waals surface area contributed by atoms with Crippen LogP contribution in [-0.2, 0) is 22.4 Å². The number of nitrogens with zero attached hydrogens (tertiary/aromatic N) is 1. The Morgan fingerprint density at radius 2 is 1.01 bits per heavy atom. The predicted molar refractivity (Wildman–Crippen MR) is 376 cm³/mol. The van der Waals surface area contributed by atoms with Crippen molar-refractivity contribution in [1.82, 2.24) is 5.32 Å². The van der Waals surface area contributed by atoms with Crippen LogP contribution >= 0.6 is 45.3 Å². The number of nitro groups is 1. The molecule has 0 radical (unpaired) electrons. The zero-order chi connectivity index (χ0) is 67.8. The number of hydrogen-bond acceptors (Lipinski definition) is 17. The maximum Gasteiger partial charge on any atom is 1.00 e. The van der Waals surface area contributed by atoms with E-state index >= 15 is 0 Å². The van der Waals surface area contributed by atoms with Gasteiger partial charge in [-0.2, -0.15) is 0 Å². The number of carbonyl (C=O) groups excluding carboxylic acids is 4. The minimum absolute atomic E-state index is 0. The summed E-state index contributed by atoms with van der Waals surface area (Å²) in [6, 6.07) is 29.5. The van der Waals surface area contributed by atoms with E-state index in [4.69, 9.17) is 35.5 Å². The number of rotatable bonds is 24. The zero-order valence-electron chi connectivity index (χ0n) is 53.8. The van der Waals surface area contributed by atoms with Crippen LogP contribution in [-0.4, -0.2) is 104 Å². The van der Waals surface area contributed by atoms with Crippen LogP contribution in [0.25, 0.3) is 46.4 Å². The van der Waals surface area contributed by atoms with Crippen molar-refractivity contribution in [1.29, 1.82) is 0 Å². The van der Waals surface area contributed by atoms with Crippen molar-refractivity contribution in [3.63, 3.8) is 0 Å². The summed E-state index contributed by atoms with van der Waals surface area (Å²) in [5, 5.41) is 32.1. The van der Waals surface area contributed by atoms with E-state index in [1.165, 1.54) is 103 Å². The van der Waals surface area contributed by atoms with Crippen molar-refractivity contribution in [3.05, 3.63) is 204 Å². The normalized spacial score (nSPS) is 10.3. The molecule has 4 heterocycles. The van der Waals surface area contributed by atoms with Gasteiger partial charge in [0.05, 0.1) is 57.6 Å². The van der Waals surface area contributed by atoms with Crippen LogP contribution in [0.2, 0.25) is 0 Å². The summed E-state index contributed by atoms with van der Waals surface area (Å²) in [6.07, 6.45) is 6.81. The number of ether oxygens (including phenoxy) is 4. The third-order valence-corrected chi connectivity index (χ3v) is 17.5. The number of carboxylic acid groups (broad SMARTS) is 1. The van der Waals surface area contributed by atoms with Gasteiger partial charge in [-0.05, 0) is 150 Å². The molecule has 0 aliphatic rings. The summed E-state index contributed by atoms with van der Waals surface area (Å²) in [5.41, 5.74) is 14.9. The second-order valence-electron chi connectivity index (χ2n) is 19.7. The van der Waals surface area contributed by atoms with Gasteiger partial charge in [0.15, 0.2) is 58.2 Å². The SMILES string of the molecule is CCCCN.CCOc1ccc(C(=O)CCC(=O)NCCc2csc3c(F)cccc23)cc1OC.CCOc1ccc(C(=O)CCC(=O)O)cc1OC.NCCc1csc2c(F)cccc12.O=Cc1csc2c(F)cccc12.O=[N+]([O-])/C=C/c1csc2c(F)cccc12.[AlH3].[H-].[Li+]. The molecule has 0 bridgehead atoms. The molecule has 10 rings (SSSR count). The summed E-state index contributed by atoms with van der Waals surface area (Å²) in [6.45, 7) is 8.75. The maximum absolute atomic E-state index is 13.8. The van der Waals surface area contributed by atoms with Crippen molar-refractivity contribution in [3.8, 4) is 23.0 Å². The molecule has 0 saturated heterocycles. The number of nitrogens with two attached hydrogens (primary N) is 2. The van der Waals surface area contributed by atoms with Gasteiger partial charge in [0, 0.05) is 64.7 Å². The van der Waals surface area contributed by atoms with Crippen LogP contribution in [0.3, 0.4) is 0 Å². The molecule has 6 N–H and O–H groups in total. The van der Waals surface area contributed by atoms with Crippen LogP contribution in [0.5, 0.6) is 23.0 Å². The monoisotopic (exact) mass is 1390 g/mol. The number of methoxy groups -OCH3 is 2. The Hall–Kier alpha value is -7.78. The molecule has 10 aromatic rings. The average Bonchev–Trinajstić information content (AvgIpc) is 1.68. The van der Waals surface area contributed by atoms with Crippen LogP contribution in [0.1, 0.15) is 108 Å². The van der Waals surface area contributed by atoms with Gasteiger partial charge in [0.1, 0.15) is 23.3 Å². The Kier molecular flexibility index (Phi) is 37.1. The molecular weight excluding hydrogens is 1310 g/mol. The largest absolute Gasteiger partial charge is 1.00 e. The first kappa shape index (κ1) is 81.5. The topological polar surface area (TPSA) is 250 Å². The van der Waals surface area contributed by atoms with Crippen molar-refractivity contribution < 1.29 is 90.8 Å². The molecule has 0 fully saturated rings. The summed E-state index contributed by atoms with van der Waals surface area (Å²) in [5.74, 6) is -0.334. The number of Topliss-reactive ketones (excluding diaryl/α,β-unsaturated/α-hetero) is 2. The van der Waals surface area contributed by atoms with Gasteiger partial charge in [-0.3, -0.25) is 34.1 Å². The van der Waals surface area contributed by atoms with Gasteiger partial charge in [-0.1, -0.05) is 61.9 Å². The minimum Gasteiger partial charge on any atom is -1.00 e. The van der Waals surface area contributed by atoms with E-state index in [1.807, 2.05) is 36.7 Å². The number of carbonyl (C=O) groups is 5. The fourth-order valence-electron chi connectivity index (χ4n) is 8.73. The molecule has 1 amide bonds. The molecule has 16 nitrogen and oxygen atoms in total. The molecule has 0 aliphatic heterocycles. The van der Waals surface area contributed by atoms with Crippen LogP contribution in [0.4, 0.5) is 17.6 Å². The molecule has 95 heavy (non-hydrogen) atoms. The number of benzene rings is 6. The third-order valence-electron chi connectivity index (χ3n) is 13.3. The van der Waals surface area contributed by atoms with E-state index in [0.29, 0.717) is 103 Å². The molecule has 26 heteroatoms. The maximum atomic E-state index is 13.8. The van der Waals surface area contributed by atoms with Gasteiger partial charge in [-0.25, -0.2) is 17.6 Å². The second kappa shape index (κ2) is 43.3. The number of amides is 1. The third kappa shape index (κ3) is 25.1. The van der Waals surface area contributed by atoms with E-state index in [9.17, 15) is 51.6 Å². The van der Waals surface area contributed by atoms with Crippen molar-refractivity contribution in [2.45, 2.75) is 72.1 Å². The quantitative estimate of drug-likeness (QED) is 0.0110. The Morgan fingerprint density at radius 3 is 1.41 bits per heavy atom. The number of nitrogens with one attached hydrogen (secondary N) is 1. The van der Waals surface area contributed by atoms with Gasteiger partial charge >= 0.3 is 24.8 Å². The van der Waals surface area contributed by atoms with E-state index in [1.54, 1.807) is 83.6 Å². The molecule has 500 valence electrons. The van der Waals surface area contributed by atoms with Gasteiger partial charge in [0.25, 0.3) is 0 Å². The Balaban J connectivity index is 0.000000414. The molecule has 4 aromatic heterocycles. The molecule has 0 saturated carbocycles. The first-order chi connectivity index (χ1) is 44.9. The number of ketones is 2. The van der Waals surface area contributed by atoms with Crippen LogP contribution < -0.4 is 54.6 Å². The van der Waals surface area contributed by atoms with Gasteiger partial charge in [-0.15, -0.1) is 45.3 Å². The van der Waals surface area contributed by atoms with E-state index < -0.39 is 10.9 Å². The molecule has 0 spiro atoms. The Morgan fingerprint density at radius 1 is 0.589 bits per heavy atom. The average molecular weight is 1390 g/mol. The first-order valence-corrected chi connectivity index (χ1v) is 32.8. The number of fused-ring (bicyclic) bond motifs is 4. The van der Waals surface area contributed by atoms with E-state index in [-0.39, 0.29) is 104 Å². The number of aliphatic carboxylic acids is 1. The summed E-state index contributed by atoms with van der Waals surface area (Å²) >= 11 is 5.32. The zero-order valence-corrected chi connectivity index (χ0v) is 56.1. The first-order valence-electron chi connectivity index (χ1n) is 29.3. The molecule has 0 atom stereocenters. The summed E-state index contributed by atoms with van der Waals surface area (Å²) < 4.78 is 76.9. The number of carboxylic acids is 1. The predicted octanol–water partition coefficient (Wildman–Crippen LogP) is 12.3. The van der Waals surface area contributed by atoms with Gasteiger partial charge in [0.2, 0.25) is 12.1 Å². The van der Waals surface area contributed by atoms with Gasteiger partial charge < -0.3 is 42.3 Å². The standard InChI is InChI=1S/C23H24FNO4S.C13H16O5.C10H6FNO2S.C10H10FNS.C9H5FOS.C4H11N.Al.Li.4H/c1-3-29-20-9-7-15(13-21(20)28-2)19(26)8-10-22(27)25-12-11-16-14-30-23-17(16)5-4-6-18(23)24;1-3-18-11-6-4-9(8-12(11)17-2)10(14)5-7-13(15)16;11-9-3-1-2-8-7(4-5-12(13)14)6-15-10(8)9;11-9-3-1-2-8-7(4-5-12)6-13-10(8)9;10-8-3-1-2-7-6(4-11)5-12-9(7)8;1-2-3-4-5;;;;;;/h4-7,9,13-14H,3,8,10-12H2,1-2H3,(H,25,27);4,6,8H,3,5,7H2,1-2H3,(H,15,16);1-6H;1-3,6H,4-5,12H2;1-5H;2-5H2,1H3;;;;;;/q;;;;;;;+1;;;;-1/b;;5-4+;;;;;;;;;. The smallest absolute Gasteiger partial charge is 1.00 e. The number of unbranched alkanes of at least 4 members (excludes halogenated alkanes) is 1. The Labute approximate surface area is 588 Å². The van der Waals surface area contributed by atoms with Crippen molar-refractivity contribution >= 4 is 139 Å². The molecule has 6 aromatic carbocycles. The number of halogens is 4.